The van der Waals surface area contributed by atoms with E-state index in [1.807, 2.05) is 13.8 Å². The SMILES string of the molecule is CC[C@@H](CCCCc1cn([C@H]2[C@H](OC(C)=O)[C@@H](OC(C)=O)[C@H](n3cc(CCCC[C@H](CC)O[C@@H]4OC(C(=O)O)=C[C@H](O)[C@H]4NC(C)=O)nn3)O[C@@H]2COC(C)=O)nn1)O[C@@H]1OC(C(=O)O)=C[C@H](O)[C@H]1NC(C)=O. The van der Waals surface area contributed by atoms with Crippen molar-refractivity contribution in [2.45, 2.75) is 192 Å². The van der Waals surface area contributed by atoms with Gasteiger partial charge in [0.25, 0.3) is 0 Å². The van der Waals surface area contributed by atoms with Crippen LogP contribution in [0.1, 0.15) is 123 Å². The lowest BCUT2D eigenvalue weighted by Gasteiger charge is -2.44. The number of carbonyl (C=O) groups excluding carboxylic acids is 5. The summed E-state index contributed by atoms with van der Waals surface area (Å²) in [6.45, 7) is 9.44. The summed E-state index contributed by atoms with van der Waals surface area (Å²) in [4.78, 5) is 84.6. The number of aryl methyl sites for hydroxylation is 2. The summed E-state index contributed by atoms with van der Waals surface area (Å²) in [5.41, 5.74) is 1.03. The van der Waals surface area contributed by atoms with E-state index in [0.29, 0.717) is 75.6 Å². The predicted molar refractivity (Wildman–Crippen MR) is 245 cm³/mol. The number of hydrogen-bond donors (Lipinski definition) is 6. The zero-order valence-corrected chi connectivity index (χ0v) is 41.7. The van der Waals surface area contributed by atoms with Crippen molar-refractivity contribution in [3.05, 3.63) is 47.5 Å². The summed E-state index contributed by atoms with van der Waals surface area (Å²) < 4.78 is 49.5. The van der Waals surface area contributed by atoms with Crippen molar-refractivity contribution >= 4 is 41.7 Å². The predicted octanol–water partition coefficient (Wildman–Crippen LogP) is 0.832. The highest BCUT2D eigenvalue weighted by Gasteiger charge is 2.53. The molecule has 6 N–H and O–H groups in total. The third-order valence-corrected chi connectivity index (χ3v) is 12.0. The lowest BCUT2D eigenvalue weighted by molar-refractivity contribution is -0.250. The molecule has 5 heterocycles. The molecule has 73 heavy (non-hydrogen) atoms. The molecular weight excluding hydrogens is 969 g/mol. The van der Waals surface area contributed by atoms with E-state index in [0.717, 1.165) is 12.2 Å². The monoisotopic (exact) mass is 1030 g/mol. The summed E-state index contributed by atoms with van der Waals surface area (Å²) in [6.07, 6.45) is -0.843. The lowest BCUT2D eigenvalue weighted by atomic mass is 9.94. The van der Waals surface area contributed by atoms with E-state index in [9.17, 15) is 54.0 Å². The highest BCUT2D eigenvalue weighted by atomic mass is 16.7. The number of nitrogens with zero attached hydrogens (tertiary/aromatic N) is 6. The van der Waals surface area contributed by atoms with E-state index in [-0.39, 0.29) is 6.61 Å². The van der Waals surface area contributed by atoms with Crippen molar-refractivity contribution in [1.82, 2.24) is 40.6 Å². The Morgan fingerprint density at radius 3 is 1.53 bits per heavy atom. The molecular formula is C46H66N8O19. The van der Waals surface area contributed by atoms with Crippen LogP contribution in [0.5, 0.6) is 0 Å². The smallest absolute Gasteiger partial charge is 0.371 e. The number of esters is 3. The van der Waals surface area contributed by atoms with Crippen molar-refractivity contribution in [1.29, 1.82) is 0 Å². The second kappa shape index (κ2) is 26.9. The molecule has 404 valence electrons. The van der Waals surface area contributed by atoms with Gasteiger partial charge in [-0.2, -0.15) is 0 Å². The van der Waals surface area contributed by atoms with E-state index in [1.54, 1.807) is 12.4 Å². The maximum absolute atomic E-state index is 12.8. The number of nitrogens with one attached hydrogen (secondary N) is 2. The van der Waals surface area contributed by atoms with Gasteiger partial charge in [-0.3, -0.25) is 24.0 Å². The fourth-order valence-electron chi connectivity index (χ4n) is 8.58. The number of aliphatic carboxylic acids is 2. The summed E-state index contributed by atoms with van der Waals surface area (Å²) in [5.74, 6) is -6.85. The molecule has 27 nitrogen and oxygen atoms in total. The maximum atomic E-state index is 12.8. The standard InChI is InChI=1S/C46H66N8O19/c1-8-30(69-45-37(47-23(3)55)32(60)18-34(72-45)43(62)63)16-12-10-14-28-20-53(51-49-28)39-36(22-66-25(5)57)71-42(41(68-27(7)59)40(39)67-26(6)58)54-21-29(50-52-54)15-11-13-17-31(9-2)70-46-38(48-24(4)56)33(61)19-35(73-46)44(64)65/h18-21,30-33,36-42,45-46,60-61H,8-17,22H2,1-7H3,(H,47,55)(H,48,56)(H,62,63)(H,64,65)/t30-,31-,32-,33-,36+,37+,38+,39+,40-,41+,42+,45+,46+/m0/s1. The molecule has 5 rings (SSSR count). The number of aromatic nitrogens is 6. The molecule has 3 aliphatic rings. The number of amides is 2. The highest BCUT2D eigenvalue weighted by molar-refractivity contribution is 5.85. The number of hydrogen-bond acceptors (Lipinski definition) is 21. The van der Waals surface area contributed by atoms with Crippen LogP contribution in [-0.2, 0) is 84.3 Å². The zero-order chi connectivity index (χ0) is 53.5. The Bertz CT molecular complexity index is 2300. The summed E-state index contributed by atoms with van der Waals surface area (Å²) in [5, 5.41) is 62.4. The van der Waals surface area contributed by atoms with E-state index in [2.05, 4.69) is 31.3 Å². The van der Waals surface area contributed by atoms with Gasteiger partial charge in [0.1, 0.15) is 43.0 Å². The van der Waals surface area contributed by atoms with Crippen LogP contribution in [0, 0.1) is 0 Å². The lowest BCUT2D eigenvalue weighted by Crippen LogP contribution is -2.57. The molecule has 0 saturated carbocycles. The van der Waals surface area contributed by atoms with Crippen LogP contribution in [0.4, 0.5) is 0 Å². The molecule has 2 amide bonds. The van der Waals surface area contributed by atoms with Gasteiger partial charge in [-0.15, -0.1) is 10.2 Å². The molecule has 27 heteroatoms. The van der Waals surface area contributed by atoms with Crippen molar-refractivity contribution < 1.29 is 91.9 Å². The maximum Gasteiger partial charge on any atom is 0.371 e. The first-order valence-corrected chi connectivity index (χ1v) is 24.1. The molecule has 13 atom stereocenters. The number of carboxylic acids is 2. The third kappa shape index (κ3) is 16.5. The van der Waals surface area contributed by atoms with Gasteiger partial charge in [0.2, 0.25) is 35.9 Å². The molecule has 2 aromatic heterocycles. The number of aliphatic hydroxyl groups excluding tert-OH is 2. The van der Waals surface area contributed by atoms with Crippen molar-refractivity contribution in [2.24, 2.45) is 0 Å². The minimum atomic E-state index is -1.40. The average molecular weight is 1040 g/mol. The number of rotatable bonds is 26. The second-order valence-electron chi connectivity index (χ2n) is 17.8. The fourth-order valence-corrected chi connectivity index (χ4v) is 8.58. The normalized spacial score (nSPS) is 26.6. The molecule has 0 radical (unpaired) electrons. The van der Waals surface area contributed by atoms with E-state index in [4.69, 9.17) is 37.9 Å². The van der Waals surface area contributed by atoms with Crippen LogP contribution in [0.3, 0.4) is 0 Å². The quantitative estimate of drug-likeness (QED) is 0.0432. The van der Waals surface area contributed by atoms with Crippen LogP contribution in [0.25, 0.3) is 0 Å². The molecule has 0 bridgehead atoms. The number of carbonyl (C=O) groups is 7. The Hall–Kier alpha value is -6.55. The van der Waals surface area contributed by atoms with Crippen molar-refractivity contribution in [3.63, 3.8) is 0 Å². The average Bonchev–Trinajstić information content (AvgIpc) is 3.99. The number of unbranched alkanes of at least 4 members (excludes halogenated alkanes) is 2. The van der Waals surface area contributed by atoms with E-state index in [1.165, 1.54) is 44.0 Å². The van der Waals surface area contributed by atoms with Gasteiger partial charge in [0, 0.05) is 40.8 Å². The van der Waals surface area contributed by atoms with E-state index < -0.39 is 133 Å². The first-order valence-electron chi connectivity index (χ1n) is 24.1. The van der Waals surface area contributed by atoms with Gasteiger partial charge < -0.3 is 69.0 Å². The molecule has 1 fully saturated rings. The largest absolute Gasteiger partial charge is 0.475 e. The van der Waals surface area contributed by atoms with E-state index >= 15 is 0 Å². The molecule has 0 aliphatic carbocycles. The fraction of sp³-hybridized carbons (Fsp3) is 0.674. The van der Waals surface area contributed by atoms with Crippen LogP contribution in [0.15, 0.2) is 36.1 Å². The van der Waals surface area contributed by atoms with Crippen LogP contribution in [-0.4, -0.2) is 166 Å². The summed E-state index contributed by atoms with van der Waals surface area (Å²) >= 11 is 0. The highest BCUT2D eigenvalue weighted by Crippen LogP contribution is 2.39. The van der Waals surface area contributed by atoms with Gasteiger partial charge in [0.05, 0.1) is 29.8 Å². The topological polar surface area (TPSA) is 360 Å². The second-order valence-corrected chi connectivity index (χ2v) is 17.8. The third-order valence-electron chi connectivity index (χ3n) is 12.0. The molecule has 2 aromatic rings. The van der Waals surface area contributed by atoms with Crippen LogP contribution in [0.2, 0.25) is 0 Å². The van der Waals surface area contributed by atoms with Crippen molar-refractivity contribution in [2.75, 3.05) is 6.61 Å². The van der Waals surface area contributed by atoms with Gasteiger partial charge >= 0.3 is 29.8 Å². The summed E-state index contributed by atoms with van der Waals surface area (Å²) in [7, 11) is 0. The number of ether oxygens (including phenoxy) is 8. The first-order chi connectivity index (χ1) is 34.7. The van der Waals surface area contributed by atoms with Gasteiger partial charge in [-0.1, -0.05) is 37.1 Å². The van der Waals surface area contributed by atoms with Gasteiger partial charge in [0.15, 0.2) is 18.4 Å². The van der Waals surface area contributed by atoms with Gasteiger partial charge in [-0.25, -0.2) is 19.0 Å². The minimum Gasteiger partial charge on any atom is -0.475 e. The first kappa shape index (κ1) is 57.4. The molecule has 3 aliphatic heterocycles. The Morgan fingerprint density at radius 2 is 1.11 bits per heavy atom. The Labute approximate surface area is 419 Å². The summed E-state index contributed by atoms with van der Waals surface area (Å²) in [6, 6.07) is -3.15. The van der Waals surface area contributed by atoms with Gasteiger partial charge in [-0.05, 0) is 63.5 Å². The van der Waals surface area contributed by atoms with Crippen LogP contribution < -0.4 is 10.6 Å². The molecule has 0 aromatic carbocycles. The number of carboxylic acid groups (broad SMARTS) is 2. The Kier molecular flexibility index (Phi) is 21.2. The minimum absolute atomic E-state index is 0.352. The zero-order valence-electron chi connectivity index (χ0n) is 41.7. The Morgan fingerprint density at radius 1 is 0.658 bits per heavy atom. The molecule has 0 spiro atoms. The molecule has 1 saturated heterocycles. The van der Waals surface area contributed by atoms with Crippen LogP contribution >= 0.6 is 0 Å². The Balaban J connectivity index is 1.25. The number of aliphatic hydroxyl groups is 2. The van der Waals surface area contributed by atoms with Crippen molar-refractivity contribution in [3.8, 4) is 0 Å². The molecule has 0 unspecified atom stereocenters.